The molecule has 0 amide bonds. The number of hydrogen-bond acceptors (Lipinski definition) is 0. The minimum atomic E-state index is 1.19. The zero-order valence-corrected chi connectivity index (χ0v) is 8.98. The van der Waals surface area contributed by atoms with Crippen LogP contribution < -0.4 is 0 Å². The van der Waals surface area contributed by atoms with E-state index in [9.17, 15) is 0 Å². The molecular weight excluding hydrogens is 144 g/mol. The Hall–Kier alpha value is -0.520. The number of hydrogen-bond donors (Lipinski definition) is 0. The van der Waals surface area contributed by atoms with Crippen molar-refractivity contribution in [2.45, 2.75) is 53.4 Å². The van der Waals surface area contributed by atoms with Crippen molar-refractivity contribution in [1.82, 2.24) is 0 Å². The summed E-state index contributed by atoms with van der Waals surface area (Å²) in [5.41, 5.74) is 3.09. The molecule has 0 aliphatic carbocycles. The molecule has 0 fully saturated rings. The van der Waals surface area contributed by atoms with Crippen LogP contribution in [0.4, 0.5) is 0 Å². The van der Waals surface area contributed by atoms with Crippen LogP contribution in [0, 0.1) is 0 Å². The molecule has 0 saturated carbocycles. The summed E-state index contributed by atoms with van der Waals surface area (Å²) < 4.78 is 0. The van der Waals surface area contributed by atoms with Gasteiger partial charge in [0.25, 0.3) is 0 Å². The van der Waals surface area contributed by atoms with Crippen LogP contribution in [-0.2, 0) is 0 Å². The van der Waals surface area contributed by atoms with Crippen molar-refractivity contribution in [3.05, 3.63) is 23.3 Å². The molecule has 0 spiro atoms. The minimum absolute atomic E-state index is 1.19. The van der Waals surface area contributed by atoms with Gasteiger partial charge in [0.15, 0.2) is 0 Å². The first-order chi connectivity index (χ1) is 5.74. The monoisotopic (exact) mass is 166 g/mol. The summed E-state index contributed by atoms with van der Waals surface area (Å²) in [6.45, 7) is 8.78. The molecule has 0 aromatic rings. The predicted molar refractivity (Wildman–Crippen MR) is 57.3 cm³/mol. The lowest BCUT2D eigenvalue weighted by Crippen LogP contribution is -1.80. The minimum Gasteiger partial charge on any atom is -0.0885 e. The Morgan fingerprint density at radius 3 is 2.25 bits per heavy atom. The lowest BCUT2D eigenvalue weighted by Gasteiger charge is -2.01. The SMILES string of the molecule is CC=C(CC)CCC=C(C)CC. The van der Waals surface area contributed by atoms with Crippen LogP contribution >= 0.6 is 0 Å². The van der Waals surface area contributed by atoms with Gasteiger partial charge in [-0.05, 0) is 39.5 Å². The standard InChI is InChI=1S/C12H22/c1-5-11(4)9-8-10-12(6-2)7-3/h6,9H,5,7-8,10H2,1-4H3. The first-order valence-electron chi connectivity index (χ1n) is 5.04. The smallest absolute Gasteiger partial charge is 0.0286 e. The van der Waals surface area contributed by atoms with Crippen LogP contribution in [0.1, 0.15) is 53.4 Å². The summed E-state index contributed by atoms with van der Waals surface area (Å²) >= 11 is 0. The fourth-order valence-electron chi connectivity index (χ4n) is 1.17. The van der Waals surface area contributed by atoms with Gasteiger partial charge in [0, 0.05) is 0 Å². The summed E-state index contributed by atoms with van der Waals surface area (Å²) in [5.74, 6) is 0. The van der Waals surface area contributed by atoms with Crippen molar-refractivity contribution in [3.63, 3.8) is 0 Å². The van der Waals surface area contributed by atoms with Gasteiger partial charge in [-0.3, -0.25) is 0 Å². The van der Waals surface area contributed by atoms with Crippen molar-refractivity contribution in [2.75, 3.05) is 0 Å². The highest BCUT2D eigenvalue weighted by Crippen LogP contribution is 2.11. The molecule has 0 rings (SSSR count). The highest BCUT2D eigenvalue weighted by Gasteiger charge is 1.91. The molecule has 0 bridgehead atoms. The van der Waals surface area contributed by atoms with E-state index in [4.69, 9.17) is 0 Å². The van der Waals surface area contributed by atoms with Gasteiger partial charge < -0.3 is 0 Å². The third-order valence-electron chi connectivity index (χ3n) is 2.38. The molecule has 0 atom stereocenters. The molecule has 0 saturated heterocycles. The van der Waals surface area contributed by atoms with E-state index in [1.165, 1.54) is 31.3 Å². The van der Waals surface area contributed by atoms with Gasteiger partial charge in [-0.25, -0.2) is 0 Å². The van der Waals surface area contributed by atoms with E-state index >= 15 is 0 Å². The van der Waals surface area contributed by atoms with Crippen molar-refractivity contribution < 1.29 is 0 Å². The quantitative estimate of drug-likeness (QED) is 0.528. The molecule has 0 heteroatoms. The summed E-state index contributed by atoms with van der Waals surface area (Å²) in [6.07, 6.45) is 9.46. The largest absolute Gasteiger partial charge is 0.0885 e. The average Bonchev–Trinajstić information content (AvgIpc) is 2.12. The molecule has 0 aliphatic rings. The van der Waals surface area contributed by atoms with E-state index in [0.717, 1.165) is 0 Å². The summed E-state index contributed by atoms with van der Waals surface area (Å²) in [6, 6.07) is 0. The second-order valence-electron chi connectivity index (χ2n) is 3.24. The van der Waals surface area contributed by atoms with Gasteiger partial charge in [-0.1, -0.05) is 37.1 Å². The molecule has 0 N–H and O–H groups in total. The maximum Gasteiger partial charge on any atom is -0.0286 e. The van der Waals surface area contributed by atoms with E-state index in [-0.39, 0.29) is 0 Å². The summed E-state index contributed by atoms with van der Waals surface area (Å²) in [7, 11) is 0. The summed E-state index contributed by atoms with van der Waals surface area (Å²) in [4.78, 5) is 0. The topological polar surface area (TPSA) is 0 Å². The lowest BCUT2D eigenvalue weighted by molar-refractivity contribution is 0.892. The fourth-order valence-corrected chi connectivity index (χ4v) is 1.17. The molecule has 0 radical (unpaired) electrons. The lowest BCUT2D eigenvalue weighted by atomic mass is 10.1. The highest BCUT2D eigenvalue weighted by molar-refractivity contribution is 5.03. The van der Waals surface area contributed by atoms with E-state index in [2.05, 4.69) is 39.8 Å². The van der Waals surface area contributed by atoms with Crippen molar-refractivity contribution >= 4 is 0 Å². The van der Waals surface area contributed by atoms with Crippen LogP contribution in [0.2, 0.25) is 0 Å². The molecule has 0 aliphatic heterocycles. The van der Waals surface area contributed by atoms with E-state index < -0.39 is 0 Å². The Kier molecular flexibility index (Phi) is 6.84. The molecule has 0 nitrogen and oxygen atoms in total. The van der Waals surface area contributed by atoms with Gasteiger partial charge in [0.1, 0.15) is 0 Å². The Morgan fingerprint density at radius 2 is 1.83 bits per heavy atom. The fraction of sp³-hybridized carbons (Fsp3) is 0.667. The molecular formula is C12H22. The molecule has 0 heterocycles. The molecule has 70 valence electrons. The van der Waals surface area contributed by atoms with Crippen molar-refractivity contribution in [3.8, 4) is 0 Å². The Labute approximate surface area is 77.4 Å². The molecule has 0 unspecified atom stereocenters. The Balaban J connectivity index is 3.68. The first kappa shape index (κ1) is 11.5. The normalized spacial score (nSPS) is 13.7. The van der Waals surface area contributed by atoms with Crippen molar-refractivity contribution in [1.29, 1.82) is 0 Å². The van der Waals surface area contributed by atoms with Gasteiger partial charge in [0.05, 0.1) is 0 Å². The first-order valence-corrected chi connectivity index (χ1v) is 5.04. The van der Waals surface area contributed by atoms with Gasteiger partial charge in [-0.2, -0.15) is 0 Å². The predicted octanol–water partition coefficient (Wildman–Crippen LogP) is 4.48. The van der Waals surface area contributed by atoms with E-state index in [0.29, 0.717) is 0 Å². The maximum absolute atomic E-state index is 2.36. The Morgan fingerprint density at radius 1 is 1.17 bits per heavy atom. The number of rotatable bonds is 5. The third kappa shape index (κ3) is 5.17. The van der Waals surface area contributed by atoms with Gasteiger partial charge in [0.2, 0.25) is 0 Å². The Bertz CT molecular complexity index is 161. The zero-order chi connectivity index (χ0) is 9.40. The van der Waals surface area contributed by atoms with Gasteiger partial charge >= 0.3 is 0 Å². The van der Waals surface area contributed by atoms with Crippen LogP contribution in [0.3, 0.4) is 0 Å². The maximum atomic E-state index is 2.36. The van der Waals surface area contributed by atoms with Crippen LogP contribution in [0.25, 0.3) is 0 Å². The van der Waals surface area contributed by atoms with Crippen LogP contribution in [-0.4, -0.2) is 0 Å². The zero-order valence-electron chi connectivity index (χ0n) is 8.98. The second-order valence-corrected chi connectivity index (χ2v) is 3.24. The third-order valence-corrected chi connectivity index (χ3v) is 2.38. The second kappa shape index (κ2) is 7.15. The van der Waals surface area contributed by atoms with Crippen molar-refractivity contribution in [2.24, 2.45) is 0 Å². The van der Waals surface area contributed by atoms with Gasteiger partial charge in [-0.15, -0.1) is 0 Å². The molecule has 0 aromatic heterocycles. The molecule has 0 aromatic carbocycles. The van der Waals surface area contributed by atoms with Crippen LogP contribution in [0.5, 0.6) is 0 Å². The average molecular weight is 166 g/mol. The molecule has 12 heavy (non-hydrogen) atoms. The highest BCUT2D eigenvalue weighted by atomic mass is 14.0. The summed E-state index contributed by atoms with van der Waals surface area (Å²) in [5, 5.41) is 0. The van der Waals surface area contributed by atoms with E-state index in [1.54, 1.807) is 5.57 Å². The number of allylic oxidation sites excluding steroid dienone is 4. The van der Waals surface area contributed by atoms with E-state index in [1.807, 2.05) is 0 Å². The van der Waals surface area contributed by atoms with Crippen LogP contribution in [0.15, 0.2) is 23.3 Å².